The topological polar surface area (TPSA) is 65.5 Å². The van der Waals surface area contributed by atoms with E-state index >= 15 is 0 Å². The van der Waals surface area contributed by atoms with E-state index in [4.69, 9.17) is 11.6 Å². The second kappa shape index (κ2) is 7.80. The molecule has 3 heterocycles. The van der Waals surface area contributed by atoms with Gasteiger partial charge >= 0.3 is 0 Å². The number of halogens is 1. The van der Waals surface area contributed by atoms with Gasteiger partial charge in [0, 0.05) is 47.5 Å². The molecular formula is C24H21ClN4O2. The molecule has 2 aliphatic rings. The summed E-state index contributed by atoms with van der Waals surface area (Å²) in [6.07, 6.45) is 1.73. The predicted molar refractivity (Wildman–Crippen MR) is 117 cm³/mol. The van der Waals surface area contributed by atoms with E-state index in [1.807, 2.05) is 59.5 Å². The summed E-state index contributed by atoms with van der Waals surface area (Å²) in [7, 11) is 0. The predicted octanol–water partition coefficient (Wildman–Crippen LogP) is 3.02. The molecule has 2 aromatic carbocycles. The average molecular weight is 433 g/mol. The van der Waals surface area contributed by atoms with Crippen LogP contribution in [0.4, 0.5) is 0 Å². The Balaban J connectivity index is 1.51. The van der Waals surface area contributed by atoms with E-state index in [1.165, 1.54) is 0 Å². The number of nitrogens with one attached hydrogen (secondary N) is 1. The molecule has 1 fully saturated rings. The number of benzene rings is 2. The maximum atomic E-state index is 13.4. The molecule has 1 aromatic heterocycles. The van der Waals surface area contributed by atoms with Crippen LogP contribution in [0.15, 0.2) is 72.9 Å². The van der Waals surface area contributed by atoms with Crippen LogP contribution in [0, 0.1) is 0 Å². The molecule has 0 saturated carbocycles. The molecule has 2 amide bonds. The standard InChI is InChI=1S/C24H21ClN4O2/c25-18-10-8-17(9-11-18)24-21-7-2-1-6-20(21)23(31)29(24)14-13-28(24)22(30)16-26-15-19-5-3-4-12-27-19/h1-12,26H,13-16H2. The van der Waals surface area contributed by atoms with Crippen molar-refractivity contribution in [3.8, 4) is 0 Å². The number of carbonyl (C=O) groups is 2. The maximum absolute atomic E-state index is 13.4. The minimum Gasteiger partial charge on any atom is -0.309 e. The first-order valence-corrected chi connectivity index (χ1v) is 10.6. The summed E-state index contributed by atoms with van der Waals surface area (Å²) in [5, 5.41) is 3.80. The van der Waals surface area contributed by atoms with Gasteiger partial charge in [0.15, 0.2) is 5.66 Å². The number of rotatable bonds is 5. The van der Waals surface area contributed by atoms with E-state index < -0.39 is 5.66 Å². The lowest BCUT2D eigenvalue weighted by Gasteiger charge is -2.40. The molecule has 0 spiro atoms. The van der Waals surface area contributed by atoms with Crippen molar-refractivity contribution in [3.05, 3.63) is 100 Å². The summed E-state index contributed by atoms with van der Waals surface area (Å²) >= 11 is 6.14. The highest BCUT2D eigenvalue weighted by molar-refractivity contribution is 6.30. The molecule has 6 nitrogen and oxygen atoms in total. The molecule has 3 aromatic rings. The molecule has 2 aliphatic heterocycles. The highest BCUT2D eigenvalue weighted by Crippen LogP contribution is 2.49. The molecule has 1 atom stereocenters. The number of fused-ring (bicyclic) bond motifs is 3. The summed E-state index contributed by atoms with van der Waals surface area (Å²) < 4.78 is 0. The first-order chi connectivity index (χ1) is 15.1. The van der Waals surface area contributed by atoms with Crippen LogP contribution in [0.1, 0.15) is 27.2 Å². The Hall–Kier alpha value is -3.22. The third-order valence-corrected chi connectivity index (χ3v) is 6.21. The fraction of sp³-hybridized carbons (Fsp3) is 0.208. The normalized spacial score (nSPS) is 19.5. The molecule has 7 heteroatoms. The minimum atomic E-state index is -0.956. The lowest BCUT2D eigenvalue weighted by molar-refractivity contribution is -0.135. The fourth-order valence-electron chi connectivity index (χ4n) is 4.68. The van der Waals surface area contributed by atoms with Gasteiger partial charge in [-0.3, -0.25) is 14.6 Å². The van der Waals surface area contributed by atoms with E-state index in [1.54, 1.807) is 23.2 Å². The summed E-state index contributed by atoms with van der Waals surface area (Å²) in [5.41, 5.74) is 2.23. The number of hydrogen-bond acceptors (Lipinski definition) is 4. The average Bonchev–Trinajstić information content (AvgIpc) is 3.31. The van der Waals surface area contributed by atoms with Gasteiger partial charge in [0.05, 0.1) is 12.2 Å². The Kier molecular flexibility index (Phi) is 4.96. The second-order valence-electron chi connectivity index (χ2n) is 7.65. The van der Waals surface area contributed by atoms with Crippen molar-refractivity contribution in [2.45, 2.75) is 12.2 Å². The van der Waals surface area contributed by atoms with E-state index in [9.17, 15) is 9.59 Å². The van der Waals surface area contributed by atoms with Crippen LogP contribution < -0.4 is 5.32 Å². The first kappa shape index (κ1) is 19.7. The van der Waals surface area contributed by atoms with Crippen molar-refractivity contribution in [2.75, 3.05) is 19.6 Å². The van der Waals surface area contributed by atoms with Crippen molar-refractivity contribution in [1.29, 1.82) is 0 Å². The minimum absolute atomic E-state index is 0.0534. The number of carbonyl (C=O) groups excluding carboxylic acids is 2. The van der Waals surface area contributed by atoms with Gasteiger partial charge in [-0.25, -0.2) is 0 Å². The van der Waals surface area contributed by atoms with Crippen LogP contribution in [0.25, 0.3) is 0 Å². The molecule has 31 heavy (non-hydrogen) atoms. The molecule has 1 N–H and O–H groups in total. The van der Waals surface area contributed by atoms with E-state index in [2.05, 4.69) is 10.3 Å². The van der Waals surface area contributed by atoms with Gasteiger partial charge < -0.3 is 15.1 Å². The first-order valence-electron chi connectivity index (χ1n) is 10.2. The summed E-state index contributed by atoms with van der Waals surface area (Å²) in [4.78, 5) is 34.5. The van der Waals surface area contributed by atoms with Gasteiger partial charge in [0.25, 0.3) is 5.91 Å². The zero-order valence-electron chi connectivity index (χ0n) is 16.8. The molecule has 5 rings (SSSR count). The number of nitrogens with zero attached hydrogens (tertiary/aromatic N) is 3. The van der Waals surface area contributed by atoms with Crippen LogP contribution >= 0.6 is 11.6 Å². The highest BCUT2D eigenvalue weighted by Gasteiger charge is 2.59. The quantitative estimate of drug-likeness (QED) is 0.673. The number of pyridine rings is 1. The Morgan fingerprint density at radius 2 is 1.81 bits per heavy atom. The lowest BCUT2D eigenvalue weighted by Crippen LogP contribution is -2.53. The van der Waals surface area contributed by atoms with Crippen LogP contribution in [-0.4, -0.2) is 46.2 Å². The van der Waals surface area contributed by atoms with Crippen molar-refractivity contribution in [1.82, 2.24) is 20.1 Å². The Morgan fingerprint density at radius 1 is 1.03 bits per heavy atom. The summed E-state index contributed by atoms with van der Waals surface area (Å²) in [6.45, 7) is 1.58. The van der Waals surface area contributed by atoms with E-state index in [-0.39, 0.29) is 18.4 Å². The third kappa shape index (κ3) is 3.10. The molecule has 156 valence electrons. The summed E-state index contributed by atoms with van der Waals surface area (Å²) in [6, 6.07) is 20.6. The molecule has 1 saturated heterocycles. The number of hydrogen-bond donors (Lipinski definition) is 1. The van der Waals surface area contributed by atoms with Gasteiger partial charge in [0.2, 0.25) is 5.91 Å². The molecule has 1 unspecified atom stereocenters. The van der Waals surface area contributed by atoms with Gasteiger partial charge in [-0.05, 0) is 30.3 Å². The Labute approximate surface area is 185 Å². The van der Waals surface area contributed by atoms with Crippen molar-refractivity contribution in [3.63, 3.8) is 0 Å². The zero-order valence-corrected chi connectivity index (χ0v) is 17.5. The lowest BCUT2D eigenvalue weighted by atomic mass is 9.90. The smallest absolute Gasteiger partial charge is 0.256 e. The van der Waals surface area contributed by atoms with Crippen LogP contribution in [0.2, 0.25) is 5.02 Å². The van der Waals surface area contributed by atoms with E-state index in [0.29, 0.717) is 30.2 Å². The molecular weight excluding hydrogens is 412 g/mol. The summed E-state index contributed by atoms with van der Waals surface area (Å²) in [5.74, 6) is -0.125. The molecule has 0 aliphatic carbocycles. The zero-order chi connectivity index (χ0) is 21.4. The second-order valence-corrected chi connectivity index (χ2v) is 8.09. The number of aromatic nitrogens is 1. The molecule has 0 bridgehead atoms. The SMILES string of the molecule is O=C(CNCc1ccccn1)N1CCN2C(=O)c3ccccc3C12c1ccc(Cl)cc1. The largest absolute Gasteiger partial charge is 0.309 e. The van der Waals surface area contributed by atoms with Crippen LogP contribution in [-0.2, 0) is 17.0 Å². The van der Waals surface area contributed by atoms with Gasteiger partial charge in [-0.1, -0.05) is 48.0 Å². The van der Waals surface area contributed by atoms with E-state index in [0.717, 1.165) is 16.8 Å². The molecule has 0 radical (unpaired) electrons. The number of amides is 2. The Morgan fingerprint density at radius 3 is 2.58 bits per heavy atom. The van der Waals surface area contributed by atoms with Crippen LogP contribution in [0.5, 0.6) is 0 Å². The highest BCUT2D eigenvalue weighted by atomic mass is 35.5. The van der Waals surface area contributed by atoms with Crippen molar-refractivity contribution in [2.24, 2.45) is 0 Å². The third-order valence-electron chi connectivity index (χ3n) is 5.96. The van der Waals surface area contributed by atoms with Crippen molar-refractivity contribution < 1.29 is 9.59 Å². The van der Waals surface area contributed by atoms with Gasteiger partial charge in [0.1, 0.15) is 0 Å². The fourth-order valence-corrected chi connectivity index (χ4v) is 4.80. The van der Waals surface area contributed by atoms with Gasteiger partial charge in [-0.15, -0.1) is 0 Å². The Bertz CT molecular complexity index is 1140. The van der Waals surface area contributed by atoms with Crippen LogP contribution in [0.3, 0.4) is 0 Å². The monoisotopic (exact) mass is 432 g/mol. The maximum Gasteiger partial charge on any atom is 0.256 e. The van der Waals surface area contributed by atoms with Gasteiger partial charge in [-0.2, -0.15) is 0 Å². The van der Waals surface area contributed by atoms with Crippen molar-refractivity contribution >= 4 is 23.4 Å².